The summed E-state index contributed by atoms with van der Waals surface area (Å²) in [5.74, 6) is -0.165. The van der Waals surface area contributed by atoms with Crippen molar-refractivity contribution in [2.24, 2.45) is 0 Å². The maximum Gasteiger partial charge on any atom is 0.272 e. The van der Waals surface area contributed by atoms with Crippen molar-refractivity contribution in [3.05, 3.63) is 46.5 Å². The lowest BCUT2D eigenvalue weighted by Crippen LogP contribution is -2.27. The van der Waals surface area contributed by atoms with Crippen LogP contribution in [0.2, 0.25) is 0 Å². The fraction of sp³-hybridized carbons (Fsp3) is 0.438. The molecule has 0 bridgehead atoms. The highest BCUT2D eigenvalue weighted by Gasteiger charge is 2.29. The van der Waals surface area contributed by atoms with Gasteiger partial charge in [0.05, 0.1) is 17.9 Å². The monoisotopic (exact) mass is 300 g/mol. The highest BCUT2D eigenvalue weighted by Crippen LogP contribution is 2.30. The fourth-order valence-corrected chi connectivity index (χ4v) is 2.83. The molecule has 0 spiro atoms. The number of hydrogen-bond donors (Lipinski definition) is 2. The van der Waals surface area contributed by atoms with Crippen molar-refractivity contribution >= 4 is 5.91 Å². The molecule has 3 heterocycles. The van der Waals surface area contributed by atoms with Crippen LogP contribution in [0.25, 0.3) is 0 Å². The molecule has 2 aromatic heterocycles. The molecule has 3 rings (SSSR count). The number of nitrogens with zero attached hydrogens (tertiary/aromatic N) is 2. The van der Waals surface area contributed by atoms with Gasteiger partial charge in [-0.3, -0.25) is 14.9 Å². The summed E-state index contributed by atoms with van der Waals surface area (Å²) in [6, 6.07) is 3.83. The van der Waals surface area contributed by atoms with Gasteiger partial charge in [-0.05, 0) is 32.4 Å². The lowest BCUT2D eigenvalue weighted by molar-refractivity contribution is -0.00697. The number of carbonyl (C=O) groups is 1. The van der Waals surface area contributed by atoms with Gasteiger partial charge < -0.3 is 10.1 Å². The zero-order valence-electron chi connectivity index (χ0n) is 13.0. The molecule has 2 aromatic rings. The average Bonchev–Trinajstić information content (AvgIpc) is 2.90. The first-order valence-corrected chi connectivity index (χ1v) is 7.47. The smallest absolute Gasteiger partial charge is 0.272 e. The minimum atomic E-state index is -0.165. The third-order valence-electron chi connectivity index (χ3n) is 4.00. The van der Waals surface area contributed by atoms with Crippen LogP contribution in [0.4, 0.5) is 0 Å². The second-order valence-corrected chi connectivity index (χ2v) is 5.69. The van der Waals surface area contributed by atoms with Crippen molar-refractivity contribution in [2.75, 3.05) is 0 Å². The molecule has 2 atom stereocenters. The minimum Gasteiger partial charge on any atom is -0.369 e. The molecule has 1 aliphatic rings. The van der Waals surface area contributed by atoms with Gasteiger partial charge in [0.1, 0.15) is 0 Å². The molecule has 0 aromatic carbocycles. The number of aryl methyl sites for hydroxylation is 1. The predicted octanol–water partition coefficient (Wildman–Crippen LogP) is 2.07. The van der Waals surface area contributed by atoms with Crippen molar-refractivity contribution in [3.8, 4) is 0 Å². The first kappa shape index (κ1) is 14.7. The lowest BCUT2D eigenvalue weighted by Gasteiger charge is -2.25. The van der Waals surface area contributed by atoms with E-state index in [1.54, 1.807) is 6.20 Å². The molecule has 0 unspecified atom stereocenters. The van der Waals surface area contributed by atoms with E-state index in [0.717, 1.165) is 22.5 Å². The number of H-pyrrole nitrogens is 1. The van der Waals surface area contributed by atoms with E-state index < -0.39 is 0 Å². The SMILES string of the molecule is Cc1ncccc1CNC(=O)c1n[nH]c2c1C[C@@H](C)O[C@H]2C. The summed E-state index contributed by atoms with van der Waals surface area (Å²) >= 11 is 0. The highest BCUT2D eigenvalue weighted by molar-refractivity contribution is 5.94. The Hall–Kier alpha value is -2.21. The summed E-state index contributed by atoms with van der Waals surface area (Å²) in [5.41, 5.74) is 4.26. The minimum absolute atomic E-state index is 0.0617. The summed E-state index contributed by atoms with van der Waals surface area (Å²) in [6.07, 6.45) is 2.47. The summed E-state index contributed by atoms with van der Waals surface area (Å²) in [6.45, 7) is 6.35. The van der Waals surface area contributed by atoms with Crippen LogP contribution in [-0.2, 0) is 17.7 Å². The second kappa shape index (κ2) is 5.88. The molecular formula is C16H20N4O2. The summed E-state index contributed by atoms with van der Waals surface area (Å²) < 4.78 is 5.74. The predicted molar refractivity (Wildman–Crippen MR) is 81.4 cm³/mol. The number of carbonyl (C=O) groups excluding carboxylic acids is 1. The standard InChI is InChI=1S/C16H20N4O2/c1-9-7-13-14(11(3)22-9)19-20-15(13)16(21)18-8-12-5-4-6-17-10(12)2/h4-6,9,11H,7-8H2,1-3H3,(H,18,21)(H,19,20)/t9-,11+/m1/s1. The summed E-state index contributed by atoms with van der Waals surface area (Å²) in [5, 5.41) is 10.0. The van der Waals surface area contributed by atoms with Gasteiger partial charge in [0, 0.05) is 30.4 Å². The Morgan fingerprint density at radius 1 is 1.50 bits per heavy atom. The molecule has 22 heavy (non-hydrogen) atoms. The van der Waals surface area contributed by atoms with Crippen LogP contribution < -0.4 is 5.32 Å². The van der Waals surface area contributed by atoms with Crippen LogP contribution in [0, 0.1) is 6.92 Å². The number of nitrogens with one attached hydrogen (secondary N) is 2. The normalized spacial score (nSPS) is 20.5. The lowest BCUT2D eigenvalue weighted by atomic mass is 9.99. The third-order valence-corrected chi connectivity index (χ3v) is 4.00. The van der Waals surface area contributed by atoms with E-state index in [-0.39, 0.29) is 18.1 Å². The van der Waals surface area contributed by atoms with E-state index in [9.17, 15) is 4.79 Å². The number of aromatic amines is 1. The van der Waals surface area contributed by atoms with Gasteiger partial charge in [-0.1, -0.05) is 6.07 Å². The van der Waals surface area contributed by atoms with Crippen molar-refractivity contribution in [1.29, 1.82) is 0 Å². The molecule has 116 valence electrons. The van der Waals surface area contributed by atoms with Gasteiger partial charge in [0.25, 0.3) is 5.91 Å². The summed E-state index contributed by atoms with van der Waals surface area (Å²) in [4.78, 5) is 16.6. The van der Waals surface area contributed by atoms with E-state index in [0.29, 0.717) is 18.7 Å². The zero-order chi connectivity index (χ0) is 15.7. The first-order valence-electron chi connectivity index (χ1n) is 7.47. The van der Waals surface area contributed by atoms with Crippen LogP contribution in [0.5, 0.6) is 0 Å². The average molecular weight is 300 g/mol. The molecule has 6 heteroatoms. The number of fused-ring (bicyclic) bond motifs is 1. The van der Waals surface area contributed by atoms with Crippen LogP contribution in [0.3, 0.4) is 0 Å². The van der Waals surface area contributed by atoms with Gasteiger partial charge in [-0.15, -0.1) is 0 Å². The van der Waals surface area contributed by atoms with E-state index in [1.807, 2.05) is 32.9 Å². The van der Waals surface area contributed by atoms with Crippen LogP contribution in [-0.4, -0.2) is 27.2 Å². The molecule has 1 aliphatic heterocycles. The van der Waals surface area contributed by atoms with E-state index in [2.05, 4.69) is 20.5 Å². The van der Waals surface area contributed by atoms with Crippen LogP contribution >= 0.6 is 0 Å². The van der Waals surface area contributed by atoms with Crippen LogP contribution in [0.1, 0.15) is 53.0 Å². The van der Waals surface area contributed by atoms with E-state index >= 15 is 0 Å². The number of hydrogen-bond acceptors (Lipinski definition) is 4. The quantitative estimate of drug-likeness (QED) is 0.909. The Morgan fingerprint density at radius 2 is 2.32 bits per heavy atom. The van der Waals surface area contributed by atoms with Crippen molar-refractivity contribution in [3.63, 3.8) is 0 Å². The Labute approximate surface area is 129 Å². The molecule has 6 nitrogen and oxygen atoms in total. The van der Waals surface area contributed by atoms with E-state index in [1.165, 1.54) is 0 Å². The van der Waals surface area contributed by atoms with Gasteiger partial charge in [-0.25, -0.2) is 0 Å². The topological polar surface area (TPSA) is 79.9 Å². The van der Waals surface area contributed by atoms with Gasteiger partial charge >= 0.3 is 0 Å². The number of rotatable bonds is 3. The van der Waals surface area contributed by atoms with Crippen molar-refractivity contribution in [1.82, 2.24) is 20.5 Å². The number of amides is 1. The van der Waals surface area contributed by atoms with Crippen molar-refractivity contribution < 1.29 is 9.53 Å². The molecule has 0 saturated carbocycles. The summed E-state index contributed by atoms with van der Waals surface area (Å²) in [7, 11) is 0. The molecule has 0 radical (unpaired) electrons. The molecule has 2 N–H and O–H groups in total. The Kier molecular flexibility index (Phi) is 3.94. The Morgan fingerprint density at radius 3 is 3.09 bits per heavy atom. The first-order chi connectivity index (χ1) is 10.6. The van der Waals surface area contributed by atoms with Gasteiger partial charge in [0.2, 0.25) is 0 Å². The molecule has 0 fully saturated rings. The number of ether oxygens (including phenoxy) is 1. The second-order valence-electron chi connectivity index (χ2n) is 5.69. The molecular weight excluding hydrogens is 280 g/mol. The molecule has 0 saturated heterocycles. The number of aromatic nitrogens is 3. The van der Waals surface area contributed by atoms with Crippen LogP contribution in [0.15, 0.2) is 18.3 Å². The van der Waals surface area contributed by atoms with Gasteiger partial charge in [-0.2, -0.15) is 5.10 Å². The molecule has 0 aliphatic carbocycles. The van der Waals surface area contributed by atoms with Crippen molar-refractivity contribution in [2.45, 2.75) is 45.9 Å². The fourth-order valence-electron chi connectivity index (χ4n) is 2.83. The number of pyridine rings is 1. The largest absolute Gasteiger partial charge is 0.369 e. The maximum absolute atomic E-state index is 12.4. The molecule has 1 amide bonds. The van der Waals surface area contributed by atoms with Gasteiger partial charge in [0.15, 0.2) is 5.69 Å². The van der Waals surface area contributed by atoms with E-state index in [4.69, 9.17) is 4.74 Å². The third kappa shape index (κ3) is 2.74. The maximum atomic E-state index is 12.4. The Bertz CT molecular complexity index is 695. The Balaban J connectivity index is 1.75. The highest BCUT2D eigenvalue weighted by atomic mass is 16.5. The zero-order valence-corrected chi connectivity index (χ0v) is 13.0.